The quantitative estimate of drug-likeness (QED) is 0.859. The van der Waals surface area contributed by atoms with Crippen LogP contribution in [-0.2, 0) is 23.0 Å². The molecule has 112 valence electrons. The van der Waals surface area contributed by atoms with Crippen molar-refractivity contribution in [2.24, 2.45) is 18.9 Å². The lowest BCUT2D eigenvalue weighted by atomic mass is 9.93. The number of aryl methyl sites for hydroxylation is 2. The van der Waals surface area contributed by atoms with Crippen molar-refractivity contribution in [3.05, 3.63) is 18.0 Å². The Kier molecular flexibility index (Phi) is 5.17. The number of hydrogen-bond acceptors (Lipinski definition) is 3. The summed E-state index contributed by atoms with van der Waals surface area (Å²) >= 11 is 0. The van der Waals surface area contributed by atoms with E-state index < -0.39 is 0 Å². The normalized spacial score (nSPS) is 22.4. The van der Waals surface area contributed by atoms with E-state index in [1.54, 1.807) is 4.68 Å². The molecule has 0 aliphatic carbocycles. The fraction of sp³-hybridized carbons (Fsp3) is 0.733. The average Bonchev–Trinajstić information content (AvgIpc) is 3.02. The Bertz CT molecular complexity index is 442. The predicted molar refractivity (Wildman–Crippen MR) is 77.2 cm³/mol. The molecule has 1 aliphatic heterocycles. The van der Waals surface area contributed by atoms with Gasteiger partial charge in [-0.3, -0.25) is 9.48 Å². The monoisotopic (exact) mass is 279 g/mol. The highest BCUT2D eigenvalue weighted by molar-refractivity contribution is 5.76. The highest BCUT2D eigenvalue weighted by Crippen LogP contribution is 2.26. The molecule has 1 N–H and O–H groups in total. The van der Waals surface area contributed by atoms with Crippen molar-refractivity contribution in [2.75, 3.05) is 13.2 Å². The van der Waals surface area contributed by atoms with Crippen molar-refractivity contribution < 1.29 is 9.53 Å². The molecule has 1 aromatic rings. The van der Waals surface area contributed by atoms with E-state index in [2.05, 4.69) is 24.3 Å². The van der Waals surface area contributed by atoms with Crippen LogP contribution >= 0.6 is 0 Å². The van der Waals surface area contributed by atoms with Crippen LogP contribution in [0.1, 0.15) is 32.3 Å². The van der Waals surface area contributed by atoms with E-state index in [0.29, 0.717) is 18.3 Å². The Morgan fingerprint density at radius 2 is 2.40 bits per heavy atom. The third kappa shape index (κ3) is 4.07. The van der Waals surface area contributed by atoms with Crippen LogP contribution in [0.4, 0.5) is 0 Å². The Morgan fingerprint density at radius 3 is 3.05 bits per heavy atom. The minimum Gasteiger partial charge on any atom is -0.378 e. The van der Waals surface area contributed by atoms with Crippen LogP contribution in [0.2, 0.25) is 0 Å². The summed E-state index contributed by atoms with van der Waals surface area (Å²) in [5.41, 5.74) is 1.10. The van der Waals surface area contributed by atoms with Crippen LogP contribution in [0.15, 0.2) is 12.4 Å². The van der Waals surface area contributed by atoms with Crippen LogP contribution in [0.25, 0.3) is 0 Å². The number of nitrogens with one attached hydrogen (secondary N) is 1. The topological polar surface area (TPSA) is 56.1 Å². The molecule has 0 aromatic carbocycles. The number of amides is 1. The van der Waals surface area contributed by atoms with Gasteiger partial charge in [0.2, 0.25) is 5.91 Å². The van der Waals surface area contributed by atoms with Crippen molar-refractivity contribution in [3.63, 3.8) is 0 Å². The van der Waals surface area contributed by atoms with E-state index in [4.69, 9.17) is 4.74 Å². The van der Waals surface area contributed by atoms with Gasteiger partial charge in [0.25, 0.3) is 0 Å². The first-order chi connectivity index (χ1) is 9.56. The number of ether oxygens (including phenoxy) is 1. The third-order valence-corrected chi connectivity index (χ3v) is 3.88. The smallest absolute Gasteiger partial charge is 0.220 e. The van der Waals surface area contributed by atoms with E-state index in [0.717, 1.165) is 31.6 Å². The molecule has 2 heterocycles. The largest absolute Gasteiger partial charge is 0.378 e. The number of carbonyl (C=O) groups is 1. The molecular weight excluding hydrogens is 254 g/mol. The van der Waals surface area contributed by atoms with Crippen LogP contribution in [0, 0.1) is 11.8 Å². The van der Waals surface area contributed by atoms with Crippen LogP contribution in [-0.4, -0.2) is 34.9 Å². The lowest BCUT2D eigenvalue weighted by molar-refractivity contribution is -0.121. The van der Waals surface area contributed by atoms with Gasteiger partial charge in [-0.05, 0) is 24.3 Å². The zero-order chi connectivity index (χ0) is 14.5. The van der Waals surface area contributed by atoms with Gasteiger partial charge in [-0.15, -0.1) is 0 Å². The first-order valence-corrected chi connectivity index (χ1v) is 7.42. The number of aromatic nitrogens is 2. The summed E-state index contributed by atoms with van der Waals surface area (Å²) in [6, 6.07) is 0. The molecule has 1 aliphatic rings. The number of nitrogens with zero attached hydrogens (tertiary/aromatic N) is 2. The standard InChI is InChI=1S/C15H25N3O2/c1-11(2)15-13(6-7-20-15)9-16-14(19)5-4-12-8-17-18(3)10-12/h8,10-11,13,15H,4-7,9H2,1-3H3,(H,16,19)/t13-,15-/m1/s1. The fourth-order valence-electron chi connectivity index (χ4n) is 2.80. The second-order valence-corrected chi connectivity index (χ2v) is 5.95. The van der Waals surface area contributed by atoms with Gasteiger partial charge in [0.15, 0.2) is 0 Å². The molecule has 2 rings (SSSR count). The Balaban J connectivity index is 1.69. The summed E-state index contributed by atoms with van der Waals surface area (Å²) < 4.78 is 7.49. The second-order valence-electron chi connectivity index (χ2n) is 5.95. The minimum atomic E-state index is 0.114. The summed E-state index contributed by atoms with van der Waals surface area (Å²) in [7, 11) is 1.88. The average molecular weight is 279 g/mol. The van der Waals surface area contributed by atoms with Gasteiger partial charge in [0.05, 0.1) is 12.3 Å². The summed E-state index contributed by atoms with van der Waals surface area (Å²) in [6.45, 7) is 5.90. The fourth-order valence-corrected chi connectivity index (χ4v) is 2.80. The SMILES string of the molecule is CC(C)[C@H]1OCC[C@@H]1CNC(=O)CCc1cnn(C)c1. The van der Waals surface area contributed by atoms with Gasteiger partial charge in [-0.1, -0.05) is 13.8 Å². The summed E-state index contributed by atoms with van der Waals surface area (Å²) in [5.74, 6) is 1.08. The Morgan fingerprint density at radius 1 is 1.60 bits per heavy atom. The van der Waals surface area contributed by atoms with Crippen molar-refractivity contribution in [3.8, 4) is 0 Å². The number of rotatable bonds is 6. The molecule has 2 atom stereocenters. The van der Waals surface area contributed by atoms with Gasteiger partial charge in [0.1, 0.15) is 0 Å². The molecule has 1 fully saturated rings. The van der Waals surface area contributed by atoms with Crippen LogP contribution in [0.3, 0.4) is 0 Å². The van der Waals surface area contributed by atoms with Gasteiger partial charge in [-0.2, -0.15) is 5.10 Å². The molecule has 0 bridgehead atoms. The van der Waals surface area contributed by atoms with Crippen LogP contribution < -0.4 is 5.32 Å². The van der Waals surface area contributed by atoms with Gasteiger partial charge < -0.3 is 10.1 Å². The lowest BCUT2D eigenvalue weighted by Crippen LogP contribution is -2.34. The van der Waals surface area contributed by atoms with E-state index in [-0.39, 0.29) is 12.0 Å². The third-order valence-electron chi connectivity index (χ3n) is 3.88. The lowest BCUT2D eigenvalue weighted by Gasteiger charge is -2.22. The molecular formula is C15H25N3O2. The van der Waals surface area contributed by atoms with Crippen molar-refractivity contribution in [2.45, 2.75) is 39.2 Å². The predicted octanol–water partition coefficient (Wildman–Crippen LogP) is 1.53. The van der Waals surface area contributed by atoms with E-state index in [1.807, 2.05) is 19.4 Å². The zero-order valence-electron chi connectivity index (χ0n) is 12.6. The van der Waals surface area contributed by atoms with Crippen LogP contribution in [0.5, 0.6) is 0 Å². The van der Waals surface area contributed by atoms with Gasteiger partial charge >= 0.3 is 0 Å². The minimum absolute atomic E-state index is 0.114. The molecule has 5 heteroatoms. The Hall–Kier alpha value is -1.36. The molecule has 0 saturated carbocycles. The van der Waals surface area contributed by atoms with E-state index >= 15 is 0 Å². The first-order valence-electron chi connectivity index (χ1n) is 7.42. The molecule has 20 heavy (non-hydrogen) atoms. The molecule has 1 amide bonds. The Labute approximate surface area is 120 Å². The van der Waals surface area contributed by atoms with E-state index in [9.17, 15) is 4.79 Å². The summed E-state index contributed by atoms with van der Waals surface area (Å²) in [5, 5.41) is 7.14. The molecule has 1 saturated heterocycles. The number of carbonyl (C=O) groups excluding carboxylic acids is 1. The number of hydrogen-bond donors (Lipinski definition) is 1. The molecule has 5 nitrogen and oxygen atoms in total. The highest BCUT2D eigenvalue weighted by atomic mass is 16.5. The second kappa shape index (κ2) is 6.88. The first kappa shape index (κ1) is 15.0. The summed E-state index contributed by atoms with van der Waals surface area (Å²) in [4.78, 5) is 11.9. The van der Waals surface area contributed by atoms with E-state index in [1.165, 1.54) is 0 Å². The molecule has 1 aromatic heterocycles. The van der Waals surface area contributed by atoms with Crippen molar-refractivity contribution in [1.82, 2.24) is 15.1 Å². The van der Waals surface area contributed by atoms with Gasteiger partial charge in [0, 0.05) is 38.7 Å². The van der Waals surface area contributed by atoms with Crippen molar-refractivity contribution >= 4 is 5.91 Å². The maximum absolute atomic E-state index is 11.9. The maximum atomic E-state index is 11.9. The zero-order valence-corrected chi connectivity index (χ0v) is 12.6. The molecule has 0 unspecified atom stereocenters. The highest BCUT2D eigenvalue weighted by Gasteiger charge is 2.30. The summed E-state index contributed by atoms with van der Waals surface area (Å²) in [6.07, 6.45) is 6.36. The molecule has 0 spiro atoms. The van der Waals surface area contributed by atoms with Gasteiger partial charge in [-0.25, -0.2) is 0 Å². The maximum Gasteiger partial charge on any atom is 0.220 e. The molecule has 0 radical (unpaired) electrons. The van der Waals surface area contributed by atoms with Crippen molar-refractivity contribution in [1.29, 1.82) is 0 Å².